The number of nitrogens with zero attached hydrogens (tertiary/aromatic N) is 1. The van der Waals surface area contributed by atoms with Gasteiger partial charge in [-0.2, -0.15) is 0 Å². The quantitative estimate of drug-likeness (QED) is 0.663. The van der Waals surface area contributed by atoms with E-state index >= 15 is 0 Å². The zero-order chi connectivity index (χ0) is 13.0. The number of benzene rings is 2. The summed E-state index contributed by atoms with van der Waals surface area (Å²) in [5.74, 6) is -0.146. The molecule has 0 amide bonds. The predicted molar refractivity (Wildman–Crippen MR) is 68.5 cm³/mol. The van der Waals surface area contributed by atoms with E-state index < -0.39 is 4.92 Å². The monoisotopic (exact) mass is 243 g/mol. The standard InChI is InChI=1S/C14H13NO3/c16-10-14(11-4-2-1-3-5-11)12-6-8-13(9-7-12)15(17)18/h1-9,14,16H,10H2. The predicted octanol–water partition coefficient (Wildman–Crippen LogP) is 2.72. The minimum Gasteiger partial charge on any atom is -0.395 e. The van der Waals surface area contributed by atoms with E-state index in [1.54, 1.807) is 12.1 Å². The van der Waals surface area contributed by atoms with Gasteiger partial charge >= 0.3 is 0 Å². The van der Waals surface area contributed by atoms with Crippen LogP contribution in [0.4, 0.5) is 5.69 Å². The van der Waals surface area contributed by atoms with Crippen LogP contribution in [0, 0.1) is 10.1 Å². The van der Waals surface area contributed by atoms with Gasteiger partial charge in [0.05, 0.1) is 11.5 Å². The van der Waals surface area contributed by atoms with Gasteiger partial charge in [0.15, 0.2) is 0 Å². The zero-order valence-corrected chi connectivity index (χ0v) is 9.69. The summed E-state index contributed by atoms with van der Waals surface area (Å²) in [6.45, 7) is -0.0260. The molecule has 0 heterocycles. The Labute approximate surface area is 105 Å². The van der Waals surface area contributed by atoms with E-state index in [0.717, 1.165) is 11.1 Å². The van der Waals surface area contributed by atoms with Crippen LogP contribution in [0.25, 0.3) is 0 Å². The minimum absolute atomic E-state index is 0.0260. The van der Waals surface area contributed by atoms with E-state index in [1.807, 2.05) is 30.3 Å². The molecule has 0 aliphatic heterocycles. The molecule has 18 heavy (non-hydrogen) atoms. The van der Waals surface area contributed by atoms with Gasteiger partial charge < -0.3 is 5.11 Å². The lowest BCUT2D eigenvalue weighted by Gasteiger charge is -2.14. The second-order valence-corrected chi connectivity index (χ2v) is 3.99. The summed E-state index contributed by atoms with van der Waals surface area (Å²) < 4.78 is 0. The highest BCUT2D eigenvalue weighted by Gasteiger charge is 2.14. The lowest BCUT2D eigenvalue weighted by molar-refractivity contribution is -0.384. The molecule has 0 fully saturated rings. The first-order valence-corrected chi connectivity index (χ1v) is 5.62. The minimum atomic E-state index is -0.430. The van der Waals surface area contributed by atoms with Crippen molar-refractivity contribution in [3.8, 4) is 0 Å². The molecule has 1 N–H and O–H groups in total. The molecule has 92 valence electrons. The van der Waals surface area contributed by atoms with Crippen molar-refractivity contribution in [3.05, 3.63) is 75.8 Å². The number of hydrogen-bond acceptors (Lipinski definition) is 3. The van der Waals surface area contributed by atoms with Gasteiger partial charge in [-0.3, -0.25) is 10.1 Å². The van der Waals surface area contributed by atoms with Crippen molar-refractivity contribution in [2.75, 3.05) is 6.61 Å². The number of non-ortho nitro benzene ring substituents is 1. The molecule has 0 saturated heterocycles. The number of hydrogen-bond donors (Lipinski definition) is 1. The molecule has 1 atom stereocenters. The summed E-state index contributed by atoms with van der Waals surface area (Å²) in [6, 6.07) is 15.9. The molecule has 0 aliphatic rings. The van der Waals surface area contributed by atoms with Crippen molar-refractivity contribution in [2.24, 2.45) is 0 Å². The Morgan fingerprint density at radius 3 is 2.06 bits per heavy atom. The molecule has 2 aromatic rings. The molecule has 0 saturated carbocycles. The SMILES string of the molecule is O=[N+]([O-])c1ccc(C(CO)c2ccccc2)cc1. The number of aliphatic hydroxyl groups is 1. The second kappa shape index (κ2) is 5.42. The van der Waals surface area contributed by atoms with Crippen LogP contribution in [0.15, 0.2) is 54.6 Å². The van der Waals surface area contributed by atoms with Gasteiger partial charge in [0.2, 0.25) is 0 Å². The van der Waals surface area contributed by atoms with Crippen molar-refractivity contribution in [3.63, 3.8) is 0 Å². The smallest absolute Gasteiger partial charge is 0.269 e. The molecule has 0 spiro atoms. The van der Waals surface area contributed by atoms with Crippen molar-refractivity contribution < 1.29 is 10.0 Å². The van der Waals surface area contributed by atoms with Crippen LogP contribution in [0.2, 0.25) is 0 Å². The van der Waals surface area contributed by atoms with Gasteiger partial charge in [-0.15, -0.1) is 0 Å². The average molecular weight is 243 g/mol. The van der Waals surface area contributed by atoms with Crippen LogP contribution in [0.3, 0.4) is 0 Å². The lowest BCUT2D eigenvalue weighted by atomic mass is 9.92. The largest absolute Gasteiger partial charge is 0.395 e. The van der Waals surface area contributed by atoms with Crippen molar-refractivity contribution in [1.82, 2.24) is 0 Å². The Morgan fingerprint density at radius 1 is 1.00 bits per heavy atom. The van der Waals surface area contributed by atoms with Gasteiger partial charge in [0.1, 0.15) is 0 Å². The number of rotatable bonds is 4. The number of nitro benzene ring substituents is 1. The first kappa shape index (κ1) is 12.3. The summed E-state index contributed by atoms with van der Waals surface area (Å²) in [5, 5.41) is 20.1. The second-order valence-electron chi connectivity index (χ2n) is 3.99. The van der Waals surface area contributed by atoms with Crippen LogP contribution >= 0.6 is 0 Å². The summed E-state index contributed by atoms with van der Waals surface area (Å²) in [7, 11) is 0. The Balaban J connectivity index is 2.31. The highest BCUT2D eigenvalue weighted by molar-refractivity contribution is 5.38. The molecule has 2 rings (SSSR count). The van der Waals surface area contributed by atoms with E-state index in [1.165, 1.54) is 12.1 Å². The molecular formula is C14H13NO3. The van der Waals surface area contributed by atoms with E-state index in [0.29, 0.717) is 0 Å². The Hall–Kier alpha value is -2.20. The highest BCUT2D eigenvalue weighted by Crippen LogP contribution is 2.25. The first-order valence-electron chi connectivity index (χ1n) is 5.62. The maximum absolute atomic E-state index is 10.6. The lowest BCUT2D eigenvalue weighted by Crippen LogP contribution is -2.05. The normalized spacial score (nSPS) is 12.1. The van der Waals surface area contributed by atoms with E-state index in [-0.39, 0.29) is 18.2 Å². The maximum atomic E-state index is 10.6. The van der Waals surface area contributed by atoms with E-state index in [9.17, 15) is 15.2 Å². The first-order chi connectivity index (χ1) is 8.72. The molecule has 2 aromatic carbocycles. The van der Waals surface area contributed by atoms with E-state index in [2.05, 4.69) is 0 Å². The molecule has 0 radical (unpaired) electrons. The van der Waals surface area contributed by atoms with Crippen LogP contribution < -0.4 is 0 Å². The summed E-state index contributed by atoms with van der Waals surface area (Å²) in [5.41, 5.74) is 1.92. The van der Waals surface area contributed by atoms with Gasteiger partial charge in [-0.1, -0.05) is 42.5 Å². The summed E-state index contributed by atoms with van der Waals surface area (Å²) in [4.78, 5) is 10.1. The van der Waals surface area contributed by atoms with Crippen molar-refractivity contribution >= 4 is 5.69 Å². The molecule has 0 aliphatic carbocycles. The van der Waals surface area contributed by atoms with E-state index in [4.69, 9.17) is 0 Å². The van der Waals surface area contributed by atoms with Crippen LogP contribution in [-0.4, -0.2) is 16.6 Å². The number of nitro groups is 1. The van der Waals surface area contributed by atoms with Crippen LogP contribution in [-0.2, 0) is 0 Å². The molecule has 0 bridgehead atoms. The highest BCUT2D eigenvalue weighted by atomic mass is 16.6. The fourth-order valence-electron chi connectivity index (χ4n) is 1.92. The Bertz CT molecular complexity index is 522. The third kappa shape index (κ3) is 2.55. The topological polar surface area (TPSA) is 63.4 Å². The zero-order valence-electron chi connectivity index (χ0n) is 9.69. The van der Waals surface area contributed by atoms with Gasteiger partial charge in [0.25, 0.3) is 5.69 Å². The fourth-order valence-corrected chi connectivity index (χ4v) is 1.92. The molecule has 0 aromatic heterocycles. The van der Waals surface area contributed by atoms with Crippen molar-refractivity contribution in [2.45, 2.75) is 5.92 Å². The summed E-state index contributed by atoms with van der Waals surface area (Å²) in [6.07, 6.45) is 0. The van der Waals surface area contributed by atoms with Gasteiger partial charge in [0, 0.05) is 18.1 Å². The Kier molecular flexibility index (Phi) is 3.69. The average Bonchev–Trinajstić information content (AvgIpc) is 2.41. The van der Waals surface area contributed by atoms with Crippen LogP contribution in [0.5, 0.6) is 0 Å². The third-order valence-corrected chi connectivity index (χ3v) is 2.89. The fraction of sp³-hybridized carbons (Fsp3) is 0.143. The maximum Gasteiger partial charge on any atom is 0.269 e. The molecule has 4 heteroatoms. The van der Waals surface area contributed by atoms with Crippen molar-refractivity contribution in [1.29, 1.82) is 0 Å². The van der Waals surface area contributed by atoms with Gasteiger partial charge in [-0.25, -0.2) is 0 Å². The molecule has 1 unspecified atom stereocenters. The summed E-state index contributed by atoms with van der Waals surface area (Å²) >= 11 is 0. The Morgan fingerprint density at radius 2 is 1.56 bits per heavy atom. The third-order valence-electron chi connectivity index (χ3n) is 2.89. The molecular weight excluding hydrogens is 230 g/mol. The number of aliphatic hydroxyl groups excluding tert-OH is 1. The van der Waals surface area contributed by atoms with Gasteiger partial charge in [-0.05, 0) is 11.1 Å². The molecule has 4 nitrogen and oxygen atoms in total. The van der Waals surface area contributed by atoms with Crippen LogP contribution in [0.1, 0.15) is 17.0 Å².